The Kier molecular flexibility index (Phi) is 3.97. The molecule has 1 aliphatic heterocycles. The van der Waals surface area contributed by atoms with Crippen LogP contribution >= 0.6 is 0 Å². The normalized spacial score (nSPS) is 16.1. The highest BCUT2D eigenvalue weighted by molar-refractivity contribution is 5.96. The second kappa shape index (κ2) is 5.68. The monoisotopic (exact) mass is 277 g/mol. The first-order chi connectivity index (χ1) is 9.49. The molecule has 7 heteroatoms. The lowest BCUT2D eigenvalue weighted by molar-refractivity contribution is -0.384. The number of imide groups is 1. The Hall–Kier alpha value is -2.44. The Morgan fingerprint density at radius 1 is 1.20 bits per heavy atom. The average molecular weight is 277 g/mol. The van der Waals surface area contributed by atoms with Gasteiger partial charge in [0, 0.05) is 36.2 Å². The predicted molar refractivity (Wildman–Crippen MR) is 71.5 cm³/mol. The summed E-state index contributed by atoms with van der Waals surface area (Å²) in [5.41, 5.74) is 6.41. The number of nitrogens with two attached hydrogens (primary N) is 1. The second-order valence-electron chi connectivity index (χ2n) is 4.72. The number of non-ortho nitro benzene ring substituents is 1. The van der Waals surface area contributed by atoms with E-state index in [1.807, 2.05) is 0 Å². The number of hydrogen-bond acceptors (Lipinski definition) is 5. The SMILES string of the molecule is Nc1ccc([N+](=O)[O-])cc1CN1C(=O)CCCCC1=O. The topological polar surface area (TPSA) is 107 Å². The minimum absolute atomic E-state index is 0.00875. The van der Waals surface area contributed by atoms with Crippen LogP contribution in [0, 0.1) is 10.1 Å². The van der Waals surface area contributed by atoms with Gasteiger partial charge in [-0.15, -0.1) is 0 Å². The van der Waals surface area contributed by atoms with Gasteiger partial charge in [-0.2, -0.15) is 0 Å². The van der Waals surface area contributed by atoms with Crippen LogP contribution in [0.15, 0.2) is 18.2 Å². The zero-order valence-electron chi connectivity index (χ0n) is 10.9. The van der Waals surface area contributed by atoms with Crippen LogP contribution in [0.5, 0.6) is 0 Å². The maximum absolute atomic E-state index is 11.9. The van der Waals surface area contributed by atoms with Crippen molar-refractivity contribution in [3.63, 3.8) is 0 Å². The summed E-state index contributed by atoms with van der Waals surface area (Å²) in [5.74, 6) is -0.503. The van der Waals surface area contributed by atoms with Gasteiger partial charge in [-0.05, 0) is 18.9 Å². The minimum Gasteiger partial charge on any atom is -0.398 e. The van der Waals surface area contributed by atoms with Gasteiger partial charge in [0.1, 0.15) is 0 Å². The van der Waals surface area contributed by atoms with Crippen LogP contribution in [0.2, 0.25) is 0 Å². The predicted octanol–water partition coefficient (Wildman–Crippen LogP) is 1.61. The van der Waals surface area contributed by atoms with E-state index in [1.165, 1.54) is 18.2 Å². The molecule has 2 rings (SSSR count). The number of carbonyl (C=O) groups excluding carboxylic acids is 2. The molecule has 0 atom stereocenters. The van der Waals surface area contributed by atoms with E-state index in [0.29, 0.717) is 36.9 Å². The smallest absolute Gasteiger partial charge is 0.269 e. The van der Waals surface area contributed by atoms with Crippen molar-refractivity contribution in [3.8, 4) is 0 Å². The first-order valence-electron chi connectivity index (χ1n) is 6.35. The van der Waals surface area contributed by atoms with Gasteiger partial charge in [0.2, 0.25) is 11.8 Å². The van der Waals surface area contributed by atoms with Crippen molar-refractivity contribution in [2.45, 2.75) is 32.2 Å². The summed E-state index contributed by atoms with van der Waals surface area (Å²) in [6.45, 7) is -0.00875. The van der Waals surface area contributed by atoms with Gasteiger partial charge in [-0.25, -0.2) is 0 Å². The first-order valence-corrected chi connectivity index (χ1v) is 6.35. The van der Waals surface area contributed by atoms with Gasteiger partial charge < -0.3 is 5.73 Å². The molecule has 106 valence electrons. The molecule has 1 aromatic carbocycles. The van der Waals surface area contributed by atoms with Crippen LogP contribution in [-0.4, -0.2) is 21.6 Å². The van der Waals surface area contributed by atoms with Crippen LogP contribution in [0.4, 0.5) is 11.4 Å². The van der Waals surface area contributed by atoms with Crippen molar-refractivity contribution in [2.24, 2.45) is 0 Å². The fourth-order valence-electron chi connectivity index (χ4n) is 2.15. The number of likely N-dealkylation sites (tertiary alicyclic amines) is 1. The fraction of sp³-hybridized carbons (Fsp3) is 0.385. The molecular formula is C13H15N3O4. The van der Waals surface area contributed by atoms with Crippen LogP contribution in [0.1, 0.15) is 31.2 Å². The van der Waals surface area contributed by atoms with Crippen LogP contribution in [0.3, 0.4) is 0 Å². The molecule has 0 saturated carbocycles. The summed E-state index contributed by atoms with van der Waals surface area (Å²) < 4.78 is 0. The molecule has 1 heterocycles. The first kappa shape index (κ1) is 14.0. The number of amides is 2. The third-order valence-corrected chi connectivity index (χ3v) is 3.30. The molecule has 0 radical (unpaired) electrons. The van der Waals surface area contributed by atoms with E-state index in [2.05, 4.69) is 0 Å². The summed E-state index contributed by atoms with van der Waals surface area (Å²) in [5, 5.41) is 10.8. The third kappa shape index (κ3) is 2.93. The number of nitro groups is 1. The largest absolute Gasteiger partial charge is 0.398 e. The summed E-state index contributed by atoms with van der Waals surface area (Å²) in [6.07, 6.45) is 2.01. The van der Waals surface area contributed by atoms with Crippen LogP contribution in [0.25, 0.3) is 0 Å². The molecule has 1 fully saturated rings. The van der Waals surface area contributed by atoms with Gasteiger partial charge in [-0.3, -0.25) is 24.6 Å². The molecule has 20 heavy (non-hydrogen) atoms. The Morgan fingerprint density at radius 3 is 2.35 bits per heavy atom. The van der Waals surface area contributed by atoms with E-state index in [4.69, 9.17) is 5.73 Å². The molecule has 0 aromatic heterocycles. The van der Waals surface area contributed by atoms with Gasteiger partial charge in [0.25, 0.3) is 5.69 Å². The number of rotatable bonds is 3. The number of hydrogen-bond donors (Lipinski definition) is 1. The molecule has 1 aliphatic rings. The Morgan fingerprint density at radius 2 is 1.80 bits per heavy atom. The molecule has 1 saturated heterocycles. The standard InChI is InChI=1S/C13H15N3O4/c14-11-6-5-10(16(19)20)7-9(11)8-15-12(17)3-1-2-4-13(15)18/h5-7H,1-4,8,14H2. The third-order valence-electron chi connectivity index (χ3n) is 3.30. The highest BCUT2D eigenvalue weighted by Gasteiger charge is 2.25. The van der Waals surface area contributed by atoms with Crippen molar-refractivity contribution in [2.75, 3.05) is 5.73 Å². The summed E-state index contributed by atoms with van der Waals surface area (Å²) in [4.78, 5) is 35.1. The van der Waals surface area contributed by atoms with Crippen LogP contribution in [-0.2, 0) is 16.1 Å². The molecule has 7 nitrogen and oxygen atoms in total. The molecule has 2 N–H and O–H groups in total. The van der Waals surface area contributed by atoms with Crippen molar-refractivity contribution >= 4 is 23.2 Å². The Balaban J connectivity index is 2.27. The number of benzene rings is 1. The van der Waals surface area contributed by atoms with Gasteiger partial charge >= 0.3 is 0 Å². The van der Waals surface area contributed by atoms with Gasteiger partial charge in [-0.1, -0.05) is 0 Å². The number of nitro benzene ring substituents is 1. The van der Waals surface area contributed by atoms with E-state index in [1.54, 1.807) is 0 Å². The quantitative estimate of drug-likeness (QED) is 0.391. The maximum atomic E-state index is 11.9. The zero-order valence-corrected chi connectivity index (χ0v) is 10.9. The molecule has 0 unspecified atom stereocenters. The van der Waals surface area contributed by atoms with E-state index < -0.39 is 4.92 Å². The number of nitrogens with zero attached hydrogens (tertiary/aromatic N) is 2. The maximum Gasteiger partial charge on any atom is 0.269 e. The molecule has 0 aliphatic carbocycles. The molecular weight excluding hydrogens is 262 g/mol. The average Bonchev–Trinajstić information content (AvgIpc) is 2.55. The van der Waals surface area contributed by atoms with Crippen molar-refractivity contribution in [3.05, 3.63) is 33.9 Å². The summed E-state index contributed by atoms with van der Waals surface area (Å²) in [7, 11) is 0. The van der Waals surface area contributed by atoms with Crippen molar-refractivity contribution in [1.29, 1.82) is 0 Å². The summed E-state index contributed by atoms with van der Waals surface area (Å²) in [6, 6.07) is 4.02. The number of nitrogen functional groups attached to an aromatic ring is 1. The molecule has 0 spiro atoms. The van der Waals surface area contributed by atoms with Gasteiger partial charge in [0.05, 0.1) is 11.5 Å². The number of carbonyl (C=O) groups is 2. The van der Waals surface area contributed by atoms with E-state index in [0.717, 1.165) is 4.90 Å². The molecule has 2 amide bonds. The molecule has 1 aromatic rings. The van der Waals surface area contributed by atoms with Gasteiger partial charge in [0.15, 0.2) is 0 Å². The Labute approximate surface area is 115 Å². The summed E-state index contributed by atoms with van der Waals surface area (Å²) >= 11 is 0. The highest BCUT2D eigenvalue weighted by Crippen LogP contribution is 2.23. The van der Waals surface area contributed by atoms with Crippen molar-refractivity contribution < 1.29 is 14.5 Å². The van der Waals surface area contributed by atoms with Crippen LogP contribution < -0.4 is 5.73 Å². The molecule has 0 bridgehead atoms. The van der Waals surface area contributed by atoms with E-state index in [9.17, 15) is 19.7 Å². The zero-order chi connectivity index (χ0) is 14.7. The lowest BCUT2D eigenvalue weighted by Crippen LogP contribution is -2.34. The minimum atomic E-state index is -0.533. The highest BCUT2D eigenvalue weighted by atomic mass is 16.6. The lowest BCUT2D eigenvalue weighted by atomic mass is 10.1. The van der Waals surface area contributed by atoms with Crippen molar-refractivity contribution in [1.82, 2.24) is 4.90 Å². The van der Waals surface area contributed by atoms with E-state index >= 15 is 0 Å². The van der Waals surface area contributed by atoms with E-state index in [-0.39, 0.29) is 24.0 Å². The Bertz CT molecular complexity index is 553. The second-order valence-corrected chi connectivity index (χ2v) is 4.72. The lowest BCUT2D eigenvalue weighted by Gasteiger charge is -2.19. The number of anilines is 1. The fourth-order valence-corrected chi connectivity index (χ4v) is 2.15.